The van der Waals surface area contributed by atoms with Crippen LogP contribution in [0.4, 0.5) is 8.78 Å². The maximum absolute atomic E-state index is 13.8. The Kier molecular flexibility index (Phi) is 5.37. The standard InChI is InChI=1S/C22H13F2NS/c1-15-2-8-18(9-3-15)19-10-6-16(7-11-19)4-5-17-12-20(23)22(26-14-25)21(24)13-17/h2-3,6-13H,1H3. The van der Waals surface area contributed by atoms with Crippen LogP contribution in [0.2, 0.25) is 0 Å². The minimum atomic E-state index is -0.782. The quantitative estimate of drug-likeness (QED) is 0.322. The highest BCUT2D eigenvalue weighted by Gasteiger charge is 2.11. The molecule has 3 aromatic carbocycles. The molecular weight excluding hydrogens is 348 g/mol. The van der Waals surface area contributed by atoms with E-state index in [0.717, 1.165) is 28.8 Å². The highest BCUT2D eigenvalue weighted by Crippen LogP contribution is 2.25. The molecule has 3 aromatic rings. The maximum Gasteiger partial charge on any atom is 0.142 e. The molecular formula is C22H13F2NS. The van der Waals surface area contributed by atoms with Gasteiger partial charge in [-0.15, -0.1) is 0 Å². The van der Waals surface area contributed by atoms with Crippen molar-refractivity contribution in [2.24, 2.45) is 0 Å². The summed E-state index contributed by atoms with van der Waals surface area (Å²) in [5.41, 5.74) is 4.37. The molecule has 0 fully saturated rings. The van der Waals surface area contributed by atoms with Gasteiger partial charge in [-0.2, -0.15) is 5.26 Å². The molecule has 0 unspecified atom stereocenters. The Morgan fingerprint density at radius 3 is 1.81 bits per heavy atom. The van der Waals surface area contributed by atoms with Gasteiger partial charge in [0.25, 0.3) is 0 Å². The summed E-state index contributed by atoms with van der Waals surface area (Å²) in [5.74, 6) is 4.09. The predicted molar refractivity (Wildman–Crippen MR) is 100 cm³/mol. The van der Waals surface area contributed by atoms with E-state index < -0.39 is 11.6 Å². The lowest BCUT2D eigenvalue weighted by Crippen LogP contribution is -1.89. The molecule has 0 radical (unpaired) electrons. The van der Waals surface area contributed by atoms with Crippen molar-refractivity contribution in [3.63, 3.8) is 0 Å². The lowest BCUT2D eigenvalue weighted by atomic mass is 10.0. The number of nitriles is 1. The van der Waals surface area contributed by atoms with Crippen LogP contribution in [0.5, 0.6) is 0 Å². The molecule has 0 saturated carbocycles. The van der Waals surface area contributed by atoms with Crippen molar-refractivity contribution >= 4 is 11.8 Å². The second-order valence-corrected chi connectivity index (χ2v) is 6.45. The Morgan fingerprint density at radius 1 is 0.769 bits per heavy atom. The van der Waals surface area contributed by atoms with Gasteiger partial charge in [0.2, 0.25) is 0 Å². The fourth-order valence-corrected chi connectivity index (χ4v) is 2.82. The summed E-state index contributed by atoms with van der Waals surface area (Å²) in [6, 6.07) is 18.2. The number of nitrogens with zero attached hydrogens (tertiary/aromatic N) is 1. The molecule has 0 atom stereocenters. The van der Waals surface area contributed by atoms with Gasteiger partial charge in [-0.3, -0.25) is 0 Å². The third kappa shape index (κ3) is 4.11. The lowest BCUT2D eigenvalue weighted by molar-refractivity contribution is 0.540. The van der Waals surface area contributed by atoms with Gasteiger partial charge in [0.15, 0.2) is 0 Å². The zero-order valence-electron chi connectivity index (χ0n) is 13.9. The van der Waals surface area contributed by atoms with Crippen LogP contribution in [-0.2, 0) is 0 Å². The zero-order valence-corrected chi connectivity index (χ0v) is 14.7. The van der Waals surface area contributed by atoms with Gasteiger partial charge in [-0.25, -0.2) is 8.78 Å². The molecule has 1 nitrogen and oxygen atoms in total. The average molecular weight is 361 g/mol. The van der Waals surface area contributed by atoms with Gasteiger partial charge in [0.05, 0.1) is 4.90 Å². The number of halogens is 2. The van der Waals surface area contributed by atoms with Gasteiger partial charge in [0.1, 0.15) is 17.0 Å². The number of aryl methyl sites for hydroxylation is 1. The van der Waals surface area contributed by atoms with E-state index in [9.17, 15) is 8.78 Å². The first kappa shape index (κ1) is 17.7. The SMILES string of the molecule is Cc1ccc(-c2ccc(C#Cc3cc(F)c(SC#N)c(F)c3)cc2)cc1. The maximum atomic E-state index is 13.8. The lowest BCUT2D eigenvalue weighted by Gasteiger charge is -2.02. The average Bonchev–Trinajstić information content (AvgIpc) is 2.64. The molecule has 0 aliphatic carbocycles. The van der Waals surface area contributed by atoms with Gasteiger partial charge < -0.3 is 0 Å². The Morgan fingerprint density at radius 2 is 1.27 bits per heavy atom. The summed E-state index contributed by atoms with van der Waals surface area (Å²) in [6.45, 7) is 2.04. The summed E-state index contributed by atoms with van der Waals surface area (Å²) in [6.07, 6.45) is 0. The molecule has 126 valence electrons. The van der Waals surface area contributed by atoms with Gasteiger partial charge >= 0.3 is 0 Å². The summed E-state index contributed by atoms with van der Waals surface area (Å²) in [7, 11) is 0. The summed E-state index contributed by atoms with van der Waals surface area (Å²) < 4.78 is 27.6. The molecule has 0 aliphatic heterocycles. The van der Waals surface area contributed by atoms with Crippen molar-refractivity contribution < 1.29 is 8.78 Å². The van der Waals surface area contributed by atoms with Crippen LogP contribution in [0.3, 0.4) is 0 Å². The van der Waals surface area contributed by atoms with Crippen LogP contribution in [0.1, 0.15) is 16.7 Å². The minimum Gasteiger partial charge on any atom is -0.206 e. The number of hydrogen-bond donors (Lipinski definition) is 0. The first-order valence-corrected chi connectivity index (χ1v) is 8.62. The van der Waals surface area contributed by atoms with E-state index in [2.05, 4.69) is 36.1 Å². The molecule has 0 bridgehead atoms. The monoisotopic (exact) mass is 361 g/mol. The van der Waals surface area contributed by atoms with E-state index >= 15 is 0 Å². The molecule has 0 N–H and O–H groups in total. The summed E-state index contributed by atoms with van der Waals surface area (Å²) >= 11 is 0.459. The fourth-order valence-electron chi connectivity index (χ4n) is 2.41. The van der Waals surface area contributed by atoms with Gasteiger partial charge in [-0.05, 0) is 54.1 Å². The molecule has 0 heterocycles. The molecule has 4 heteroatoms. The highest BCUT2D eigenvalue weighted by atomic mass is 32.2. The normalized spacial score (nSPS) is 9.92. The summed E-state index contributed by atoms with van der Waals surface area (Å²) in [4.78, 5) is -0.305. The van der Waals surface area contributed by atoms with Crippen LogP contribution in [-0.4, -0.2) is 0 Å². The third-order valence-corrected chi connectivity index (χ3v) is 4.45. The van der Waals surface area contributed by atoms with E-state index in [1.807, 2.05) is 31.2 Å². The van der Waals surface area contributed by atoms with E-state index in [4.69, 9.17) is 5.26 Å². The first-order chi connectivity index (χ1) is 12.6. The van der Waals surface area contributed by atoms with E-state index in [-0.39, 0.29) is 10.5 Å². The van der Waals surface area contributed by atoms with Crippen molar-refractivity contribution in [2.45, 2.75) is 11.8 Å². The van der Waals surface area contributed by atoms with Crippen LogP contribution < -0.4 is 0 Å². The van der Waals surface area contributed by atoms with Crippen molar-refractivity contribution in [3.8, 4) is 28.4 Å². The van der Waals surface area contributed by atoms with Crippen molar-refractivity contribution in [3.05, 3.63) is 89.0 Å². The number of thioether (sulfide) groups is 1. The minimum absolute atomic E-state index is 0.227. The fraction of sp³-hybridized carbons (Fsp3) is 0.0455. The largest absolute Gasteiger partial charge is 0.206 e. The molecule has 0 amide bonds. The first-order valence-electron chi connectivity index (χ1n) is 7.81. The van der Waals surface area contributed by atoms with Crippen LogP contribution in [0, 0.1) is 41.1 Å². The highest BCUT2D eigenvalue weighted by molar-refractivity contribution is 8.03. The smallest absolute Gasteiger partial charge is 0.142 e. The Hall–Kier alpha value is -3.08. The van der Waals surface area contributed by atoms with Crippen molar-refractivity contribution in [2.75, 3.05) is 0 Å². The number of rotatable bonds is 2. The van der Waals surface area contributed by atoms with Gasteiger partial charge in [0, 0.05) is 11.1 Å². The topological polar surface area (TPSA) is 23.8 Å². The van der Waals surface area contributed by atoms with Crippen molar-refractivity contribution in [1.82, 2.24) is 0 Å². The molecule has 3 rings (SSSR count). The Labute approximate surface area is 155 Å². The van der Waals surface area contributed by atoms with Crippen LogP contribution in [0.25, 0.3) is 11.1 Å². The molecule has 0 aliphatic rings. The number of benzene rings is 3. The Balaban J connectivity index is 1.82. The summed E-state index contributed by atoms with van der Waals surface area (Å²) in [5, 5.41) is 10.2. The molecule has 0 spiro atoms. The van der Waals surface area contributed by atoms with E-state index in [1.165, 1.54) is 5.56 Å². The Bertz CT molecular complexity index is 1010. The van der Waals surface area contributed by atoms with Crippen molar-refractivity contribution in [1.29, 1.82) is 5.26 Å². The van der Waals surface area contributed by atoms with Crippen LogP contribution >= 0.6 is 11.8 Å². The number of hydrogen-bond acceptors (Lipinski definition) is 2. The predicted octanol–water partition coefficient (Wildman–Crippen LogP) is 5.91. The second-order valence-electron chi connectivity index (χ2n) is 5.66. The van der Waals surface area contributed by atoms with E-state index in [1.54, 1.807) is 5.40 Å². The van der Waals surface area contributed by atoms with Crippen LogP contribution in [0.15, 0.2) is 65.6 Å². The third-order valence-electron chi connectivity index (χ3n) is 3.77. The van der Waals surface area contributed by atoms with E-state index in [0.29, 0.717) is 11.8 Å². The zero-order chi connectivity index (χ0) is 18.5. The van der Waals surface area contributed by atoms with Gasteiger partial charge in [-0.1, -0.05) is 53.8 Å². The molecule has 26 heavy (non-hydrogen) atoms. The molecule has 0 saturated heterocycles. The second kappa shape index (κ2) is 7.87. The number of thiocyanates is 1. The molecule has 0 aromatic heterocycles.